The summed E-state index contributed by atoms with van der Waals surface area (Å²) in [7, 11) is 0. The minimum Gasteiger partial charge on any atom is -0.399 e. The molecule has 0 saturated carbocycles. The highest BCUT2D eigenvalue weighted by Gasteiger charge is 2.00. The van der Waals surface area contributed by atoms with Gasteiger partial charge in [0.1, 0.15) is 0 Å². The summed E-state index contributed by atoms with van der Waals surface area (Å²) in [5.74, 6) is 0. The van der Waals surface area contributed by atoms with E-state index < -0.39 is 0 Å². The van der Waals surface area contributed by atoms with Crippen LogP contribution in [0.4, 0.5) is 11.4 Å². The molecule has 0 atom stereocenters. The number of nitrogens with one attached hydrogen (secondary N) is 1. The molecular weight excluding hydrogens is 232 g/mol. The molecule has 0 aromatic heterocycles. The molecule has 0 bridgehead atoms. The van der Waals surface area contributed by atoms with Crippen molar-refractivity contribution in [2.24, 2.45) is 0 Å². The minimum atomic E-state index is 0.780. The lowest BCUT2D eigenvalue weighted by atomic mass is 10.0. The van der Waals surface area contributed by atoms with Crippen LogP contribution in [0.25, 0.3) is 10.8 Å². The van der Waals surface area contributed by atoms with Crippen LogP contribution < -0.4 is 11.1 Å². The topological polar surface area (TPSA) is 38.0 Å². The van der Waals surface area contributed by atoms with E-state index in [1.807, 2.05) is 24.3 Å². The van der Waals surface area contributed by atoms with Gasteiger partial charge >= 0.3 is 0 Å². The summed E-state index contributed by atoms with van der Waals surface area (Å²) in [6.07, 6.45) is 0. The maximum absolute atomic E-state index is 5.78. The van der Waals surface area contributed by atoms with Crippen molar-refractivity contribution < 1.29 is 0 Å². The van der Waals surface area contributed by atoms with Crippen LogP contribution in [0.5, 0.6) is 0 Å². The van der Waals surface area contributed by atoms with Crippen molar-refractivity contribution in [1.82, 2.24) is 0 Å². The quantitative estimate of drug-likeness (QED) is 0.687. The molecule has 19 heavy (non-hydrogen) atoms. The summed E-state index contributed by atoms with van der Waals surface area (Å²) in [5, 5.41) is 5.98. The van der Waals surface area contributed by atoms with Crippen molar-refractivity contribution in [2.45, 2.75) is 6.54 Å². The molecule has 3 aromatic rings. The van der Waals surface area contributed by atoms with Crippen LogP contribution in [0.3, 0.4) is 0 Å². The first-order chi connectivity index (χ1) is 9.33. The molecule has 0 amide bonds. The first kappa shape index (κ1) is 11.6. The Bertz CT molecular complexity index is 699. The first-order valence-corrected chi connectivity index (χ1v) is 6.39. The van der Waals surface area contributed by atoms with Gasteiger partial charge in [-0.15, -0.1) is 0 Å². The number of benzene rings is 3. The maximum atomic E-state index is 5.78. The average molecular weight is 248 g/mol. The smallest absolute Gasteiger partial charge is 0.0406 e. The molecule has 0 heterocycles. The Labute approximate surface area is 112 Å². The summed E-state index contributed by atoms with van der Waals surface area (Å²) in [4.78, 5) is 0. The van der Waals surface area contributed by atoms with E-state index in [1.54, 1.807) is 0 Å². The van der Waals surface area contributed by atoms with Crippen LogP contribution in [0.1, 0.15) is 5.56 Å². The molecule has 3 rings (SSSR count). The SMILES string of the molecule is Nc1cccc(NCc2cccc3ccccc23)c1. The van der Waals surface area contributed by atoms with E-state index in [0.29, 0.717) is 0 Å². The molecule has 0 spiro atoms. The summed E-state index contributed by atoms with van der Waals surface area (Å²) < 4.78 is 0. The van der Waals surface area contributed by atoms with E-state index in [-0.39, 0.29) is 0 Å². The van der Waals surface area contributed by atoms with Gasteiger partial charge in [-0.25, -0.2) is 0 Å². The van der Waals surface area contributed by atoms with Crippen LogP contribution in [-0.2, 0) is 6.54 Å². The minimum absolute atomic E-state index is 0.780. The van der Waals surface area contributed by atoms with Gasteiger partial charge in [0, 0.05) is 17.9 Å². The van der Waals surface area contributed by atoms with Crippen molar-refractivity contribution in [1.29, 1.82) is 0 Å². The van der Waals surface area contributed by atoms with Crippen molar-refractivity contribution in [3.63, 3.8) is 0 Å². The maximum Gasteiger partial charge on any atom is 0.0406 e. The molecule has 0 aliphatic rings. The predicted molar refractivity (Wildman–Crippen MR) is 82.1 cm³/mol. The van der Waals surface area contributed by atoms with Crippen molar-refractivity contribution in [3.05, 3.63) is 72.3 Å². The average Bonchev–Trinajstić information content (AvgIpc) is 2.45. The van der Waals surface area contributed by atoms with Gasteiger partial charge in [0.25, 0.3) is 0 Å². The van der Waals surface area contributed by atoms with Crippen molar-refractivity contribution in [2.75, 3.05) is 11.1 Å². The van der Waals surface area contributed by atoms with Crippen LogP contribution >= 0.6 is 0 Å². The number of nitrogens with two attached hydrogens (primary N) is 1. The fourth-order valence-corrected chi connectivity index (χ4v) is 2.29. The monoisotopic (exact) mass is 248 g/mol. The van der Waals surface area contributed by atoms with E-state index in [4.69, 9.17) is 5.73 Å². The summed E-state index contributed by atoms with van der Waals surface area (Å²) >= 11 is 0. The Kier molecular flexibility index (Phi) is 3.07. The van der Waals surface area contributed by atoms with Gasteiger partial charge in [0.15, 0.2) is 0 Å². The zero-order chi connectivity index (χ0) is 13.1. The van der Waals surface area contributed by atoms with Gasteiger partial charge in [0.05, 0.1) is 0 Å². The summed E-state index contributed by atoms with van der Waals surface area (Å²) in [6.45, 7) is 0.796. The molecule has 0 aliphatic heterocycles. The number of hydrogen-bond donors (Lipinski definition) is 2. The van der Waals surface area contributed by atoms with Crippen molar-refractivity contribution >= 4 is 22.1 Å². The Hall–Kier alpha value is -2.48. The molecule has 94 valence electrons. The van der Waals surface area contributed by atoms with Crippen LogP contribution in [0, 0.1) is 0 Å². The fourth-order valence-electron chi connectivity index (χ4n) is 2.29. The number of fused-ring (bicyclic) bond motifs is 1. The van der Waals surface area contributed by atoms with Gasteiger partial charge in [-0.3, -0.25) is 0 Å². The largest absolute Gasteiger partial charge is 0.399 e. The molecule has 0 radical (unpaired) electrons. The fraction of sp³-hybridized carbons (Fsp3) is 0.0588. The third-order valence-corrected chi connectivity index (χ3v) is 3.25. The standard InChI is InChI=1S/C17H16N2/c18-15-8-4-9-16(11-15)19-12-14-7-3-6-13-5-1-2-10-17(13)14/h1-11,19H,12,18H2. The lowest BCUT2D eigenvalue weighted by Gasteiger charge is -2.09. The van der Waals surface area contributed by atoms with E-state index >= 15 is 0 Å². The van der Waals surface area contributed by atoms with E-state index in [0.717, 1.165) is 17.9 Å². The third-order valence-electron chi connectivity index (χ3n) is 3.25. The highest BCUT2D eigenvalue weighted by Crippen LogP contribution is 2.20. The Balaban J connectivity index is 1.86. The molecular formula is C17H16N2. The number of anilines is 2. The second-order valence-electron chi connectivity index (χ2n) is 4.62. The van der Waals surface area contributed by atoms with Crippen LogP contribution in [-0.4, -0.2) is 0 Å². The molecule has 3 N–H and O–H groups in total. The molecule has 3 aromatic carbocycles. The highest BCUT2D eigenvalue weighted by atomic mass is 14.9. The van der Waals surface area contributed by atoms with Gasteiger partial charge in [-0.2, -0.15) is 0 Å². The van der Waals surface area contributed by atoms with Crippen LogP contribution in [0.15, 0.2) is 66.7 Å². The first-order valence-electron chi connectivity index (χ1n) is 6.39. The lowest BCUT2D eigenvalue weighted by molar-refractivity contribution is 1.17. The highest BCUT2D eigenvalue weighted by molar-refractivity contribution is 5.85. The number of hydrogen-bond acceptors (Lipinski definition) is 2. The van der Waals surface area contributed by atoms with Crippen LogP contribution in [0.2, 0.25) is 0 Å². The molecule has 0 aliphatic carbocycles. The lowest BCUT2D eigenvalue weighted by Crippen LogP contribution is -2.00. The second kappa shape index (κ2) is 5.02. The second-order valence-corrected chi connectivity index (χ2v) is 4.62. The summed E-state index contributed by atoms with van der Waals surface area (Å²) in [5.41, 5.74) is 8.90. The third kappa shape index (κ3) is 2.52. The molecule has 2 heteroatoms. The Morgan fingerprint density at radius 2 is 1.63 bits per heavy atom. The molecule has 0 saturated heterocycles. The number of rotatable bonds is 3. The molecule has 0 fully saturated rings. The van der Waals surface area contributed by atoms with Gasteiger partial charge in [-0.05, 0) is 34.5 Å². The van der Waals surface area contributed by atoms with Gasteiger partial charge < -0.3 is 11.1 Å². The van der Waals surface area contributed by atoms with E-state index in [9.17, 15) is 0 Å². The zero-order valence-corrected chi connectivity index (χ0v) is 10.6. The summed E-state index contributed by atoms with van der Waals surface area (Å²) in [6, 6.07) is 22.7. The van der Waals surface area contributed by atoms with Crippen molar-refractivity contribution in [3.8, 4) is 0 Å². The van der Waals surface area contributed by atoms with E-state index in [1.165, 1.54) is 16.3 Å². The molecule has 2 nitrogen and oxygen atoms in total. The normalized spacial score (nSPS) is 10.5. The molecule has 0 unspecified atom stereocenters. The van der Waals surface area contributed by atoms with Gasteiger partial charge in [-0.1, -0.05) is 48.5 Å². The number of nitrogen functional groups attached to an aromatic ring is 1. The predicted octanol–water partition coefficient (Wildman–Crippen LogP) is 4.03. The van der Waals surface area contributed by atoms with E-state index in [2.05, 4.69) is 47.8 Å². The Morgan fingerprint density at radius 3 is 2.53 bits per heavy atom. The van der Waals surface area contributed by atoms with Gasteiger partial charge in [0.2, 0.25) is 0 Å². The Morgan fingerprint density at radius 1 is 0.842 bits per heavy atom. The zero-order valence-electron chi connectivity index (χ0n) is 10.6.